The Labute approximate surface area is 113 Å². The van der Waals surface area contributed by atoms with E-state index in [2.05, 4.69) is 10.1 Å². The maximum absolute atomic E-state index is 12.2. The van der Waals surface area contributed by atoms with E-state index in [1.807, 2.05) is 25.3 Å². The summed E-state index contributed by atoms with van der Waals surface area (Å²) in [6, 6.07) is 1.86. The molecule has 0 aliphatic rings. The Morgan fingerprint density at radius 2 is 2.26 bits per heavy atom. The Balaban J connectivity index is 1.90. The van der Waals surface area contributed by atoms with Crippen LogP contribution in [0, 0.1) is 13.8 Å². The van der Waals surface area contributed by atoms with Gasteiger partial charge in [-0.1, -0.05) is 5.16 Å². The molecule has 3 aromatic rings. The quantitative estimate of drug-likeness (QED) is 0.736. The Kier molecular flexibility index (Phi) is 2.94. The molecule has 0 fully saturated rings. The first-order valence-electron chi connectivity index (χ1n) is 6.01. The summed E-state index contributed by atoms with van der Waals surface area (Å²) >= 11 is 1.43. The van der Waals surface area contributed by atoms with Gasteiger partial charge in [0.25, 0.3) is 5.56 Å². The van der Waals surface area contributed by atoms with Crippen LogP contribution < -0.4 is 5.56 Å². The minimum absolute atomic E-state index is 0.0201. The molecule has 3 heterocycles. The lowest BCUT2D eigenvalue weighted by Crippen LogP contribution is -2.20. The van der Waals surface area contributed by atoms with E-state index in [1.165, 1.54) is 11.3 Å². The highest BCUT2D eigenvalue weighted by molar-refractivity contribution is 7.17. The average molecular weight is 275 g/mol. The molecule has 0 bridgehead atoms. The van der Waals surface area contributed by atoms with Crippen molar-refractivity contribution in [2.45, 2.75) is 26.8 Å². The second-order valence-corrected chi connectivity index (χ2v) is 5.35. The summed E-state index contributed by atoms with van der Waals surface area (Å²) in [5.41, 5.74) is 2.74. The lowest BCUT2D eigenvalue weighted by Gasteiger charge is -2.04. The Hall–Kier alpha value is -1.95. The van der Waals surface area contributed by atoms with Crippen LogP contribution in [0.25, 0.3) is 10.2 Å². The van der Waals surface area contributed by atoms with Crippen LogP contribution in [0.3, 0.4) is 0 Å². The van der Waals surface area contributed by atoms with Gasteiger partial charge in [0, 0.05) is 12.1 Å². The highest BCUT2D eigenvalue weighted by Gasteiger charge is 2.10. The van der Waals surface area contributed by atoms with Crippen molar-refractivity contribution in [3.8, 4) is 0 Å². The lowest BCUT2D eigenvalue weighted by molar-refractivity contribution is 0.392. The van der Waals surface area contributed by atoms with Gasteiger partial charge < -0.3 is 4.52 Å². The third-order valence-corrected chi connectivity index (χ3v) is 4.11. The molecular weight excluding hydrogens is 262 g/mol. The van der Waals surface area contributed by atoms with E-state index < -0.39 is 0 Å². The van der Waals surface area contributed by atoms with Gasteiger partial charge in [0.15, 0.2) is 0 Å². The maximum atomic E-state index is 12.2. The van der Waals surface area contributed by atoms with E-state index in [9.17, 15) is 4.79 Å². The van der Waals surface area contributed by atoms with Gasteiger partial charge in [0.1, 0.15) is 10.5 Å². The number of rotatable bonds is 3. The molecule has 98 valence electrons. The third-order valence-electron chi connectivity index (χ3n) is 3.22. The molecule has 0 amide bonds. The molecule has 0 atom stereocenters. The van der Waals surface area contributed by atoms with E-state index in [1.54, 1.807) is 10.9 Å². The van der Waals surface area contributed by atoms with Crippen LogP contribution >= 0.6 is 11.3 Å². The SMILES string of the molecule is Cc1noc(C)c1CCn1cnc2ccsc2c1=O. The van der Waals surface area contributed by atoms with Crippen molar-refractivity contribution < 1.29 is 4.52 Å². The fraction of sp³-hybridized carbons (Fsp3) is 0.308. The average Bonchev–Trinajstić information content (AvgIpc) is 2.98. The molecule has 19 heavy (non-hydrogen) atoms. The zero-order valence-corrected chi connectivity index (χ0v) is 11.5. The maximum Gasteiger partial charge on any atom is 0.271 e. The first-order valence-corrected chi connectivity index (χ1v) is 6.89. The van der Waals surface area contributed by atoms with Crippen molar-refractivity contribution in [3.63, 3.8) is 0 Å². The van der Waals surface area contributed by atoms with Gasteiger partial charge in [-0.25, -0.2) is 4.98 Å². The van der Waals surface area contributed by atoms with Crippen LogP contribution in [0.5, 0.6) is 0 Å². The number of aryl methyl sites for hydroxylation is 3. The van der Waals surface area contributed by atoms with Crippen LogP contribution in [0.1, 0.15) is 17.0 Å². The summed E-state index contributed by atoms with van der Waals surface area (Å²) in [6.07, 6.45) is 2.33. The summed E-state index contributed by atoms with van der Waals surface area (Å²) in [4.78, 5) is 16.5. The zero-order valence-electron chi connectivity index (χ0n) is 10.7. The smallest absolute Gasteiger partial charge is 0.271 e. The van der Waals surface area contributed by atoms with Crippen molar-refractivity contribution in [2.75, 3.05) is 0 Å². The molecule has 0 saturated heterocycles. The number of fused-ring (bicyclic) bond motifs is 1. The zero-order chi connectivity index (χ0) is 13.4. The third kappa shape index (κ3) is 2.08. The molecule has 0 radical (unpaired) electrons. The minimum atomic E-state index is 0.0201. The highest BCUT2D eigenvalue weighted by atomic mass is 32.1. The van der Waals surface area contributed by atoms with E-state index >= 15 is 0 Å². The summed E-state index contributed by atoms with van der Waals surface area (Å²) < 4.78 is 7.47. The Morgan fingerprint density at radius 1 is 1.42 bits per heavy atom. The highest BCUT2D eigenvalue weighted by Crippen LogP contribution is 2.15. The molecule has 0 spiro atoms. The molecule has 0 aliphatic heterocycles. The molecule has 0 saturated carbocycles. The van der Waals surface area contributed by atoms with E-state index in [-0.39, 0.29) is 5.56 Å². The van der Waals surface area contributed by atoms with E-state index in [4.69, 9.17) is 4.52 Å². The van der Waals surface area contributed by atoms with Crippen LogP contribution in [-0.4, -0.2) is 14.7 Å². The number of nitrogens with zero attached hydrogens (tertiary/aromatic N) is 3. The van der Waals surface area contributed by atoms with Gasteiger partial charge in [-0.3, -0.25) is 9.36 Å². The molecular formula is C13H13N3O2S. The van der Waals surface area contributed by atoms with Crippen molar-refractivity contribution in [1.29, 1.82) is 0 Å². The number of hydrogen-bond donors (Lipinski definition) is 0. The first kappa shape index (κ1) is 12.1. The van der Waals surface area contributed by atoms with Crippen molar-refractivity contribution in [3.05, 3.63) is 45.1 Å². The summed E-state index contributed by atoms with van der Waals surface area (Å²) in [7, 11) is 0. The van der Waals surface area contributed by atoms with Crippen LogP contribution in [0.2, 0.25) is 0 Å². The molecule has 0 unspecified atom stereocenters. The van der Waals surface area contributed by atoms with Crippen molar-refractivity contribution >= 4 is 21.6 Å². The first-order chi connectivity index (χ1) is 9.16. The Morgan fingerprint density at radius 3 is 3.00 bits per heavy atom. The van der Waals surface area contributed by atoms with Gasteiger partial charge in [-0.15, -0.1) is 11.3 Å². The van der Waals surface area contributed by atoms with Gasteiger partial charge in [0.05, 0.1) is 17.5 Å². The molecule has 0 aromatic carbocycles. The standard InChI is InChI=1S/C13H13N3O2S/c1-8-10(9(2)18-15-8)3-5-16-7-14-11-4-6-19-12(11)13(16)17/h4,6-7H,3,5H2,1-2H3. The van der Waals surface area contributed by atoms with Gasteiger partial charge in [-0.2, -0.15) is 0 Å². The molecule has 3 rings (SSSR count). The van der Waals surface area contributed by atoms with E-state index in [0.717, 1.165) is 29.0 Å². The summed E-state index contributed by atoms with van der Waals surface area (Å²) in [5.74, 6) is 0.815. The topological polar surface area (TPSA) is 60.9 Å². The predicted octanol–water partition coefficient (Wildman–Crippen LogP) is 2.31. The van der Waals surface area contributed by atoms with Gasteiger partial charge >= 0.3 is 0 Å². The van der Waals surface area contributed by atoms with Crippen molar-refractivity contribution in [2.24, 2.45) is 0 Å². The molecule has 3 aromatic heterocycles. The van der Waals surface area contributed by atoms with Crippen LogP contribution in [-0.2, 0) is 13.0 Å². The molecule has 0 N–H and O–H groups in total. The second-order valence-electron chi connectivity index (χ2n) is 4.43. The monoisotopic (exact) mass is 275 g/mol. The molecule has 5 nitrogen and oxygen atoms in total. The largest absolute Gasteiger partial charge is 0.361 e. The molecule has 0 aliphatic carbocycles. The second kappa shape index (κ2) is 4.62. The number of aromatic nitrogens is 3. The summed E-state index contributed by atoms with van der Waals surface area (Å²) in [5, 5.41) is 5.80. The Bertz CT molecular complexity index is 765. The fourth-order valence-corrected chi connectivity index (χ4v) is 2.92. The summed E-state index contributed by atoms with van der Waals surface area (Å²) in [6.45, 7) is 4.39. The minimum Gasteiger partial charge on any atom is -0.361 e. The number of hydrogen-bond acceptors (Lipinski definition) is 5. The number of thiophene rings is 1. The van der Waals surface area contributed by atoms with Gasteiger partial charge in [-0.05, 0) is 31.7 Å². The van der Waals surface area contributed by atoms with Crippen molar-refractivity contribution in [1.82, 2.24) is 14.7 Å². The van der Waals surface area contributed by atoms with Crippen LogP contribution in [0.15, 0.2) is 27.1 Å². The molecule has 6 heteroatoms. The van der Waals surface area contributed by atoms with Gasteiger partial charge in [0.2, 0.25) is 0 Å². The predicted molar refractivity (Wildman–Crippen MR) is 73.6 cm³/mol. The van der Waals surface area contributed by atoms with E-state index in [0.29, 0.717) is 11.2 Å². The fourth-order valence-electron chi connectivity index (χ4n) is 2.13. The van der Waals surface area contributed by atoms with Crippen LogP contribution in [0.4, 0.5) is 0 Å². The normalized spacial score (nSPS) is 11.3. The lowest BCUT2D eigenvalue weighted by atomic mass is 10.1.